The highest BCUT2D eigenvalue weighted by Gasteiger charge is 2.52. The number of likely N-dealkylation sites (N-methyl/N-ethyl adjacent to an activating group) is 2. The van der Waals surface area contributed by atoms with Gasteiger partial charge in [-0.2, -0.15) is 0 Å². The maximum absolute atomic E-state index is 13.5. The van der Waals surface area contributed by atoms with Crippen molar-refractivity contribution in [2.75, 3.05) is 33.8 Å². The number of nitrogens with zero attached hydrogens (tertiary/aromatic N) is 1. The fraction of sp³-hybridized carbons (Fsp3) is 0.765. The van der Waals surface area contributed by atoms with Gasteiger partial charge in [-0.1, -0.05) is 44.2 Å². The fourth-order valence-corrected chi connectivity index (χ4v) is 7.00. The van der Waals surface area contributed by atoms with E-state index in [1.165, 1.54) is 11.8 Å². The summed E-state index contributed by atoms with van der Waals surface area (Å²) in [5, 5.41) is 70.5. The second kappa shape index (κ2) is 17.8. The lowest BCUT2D eigenvalue weighted by atomic mass is 9.74. The van der Waals surface area contributed by atoms with E-state index in [4.69, 9.17) is 23.7 Å². The summed E-state index contributed by atoms with van der Waals surface area (Å²) in [6.07, 6.45) is -12.9. The molecule has 0 spiro atoms. The molecule has 8 N–H and O–H groups in total. The molecule has 2 amide bonds. The highest BCUT2D eigenvalue weighted by molar-refractivity contribution is 5.76. The van der Waals surface area contributed by atoms with Gasteiger partial charge < -0.3 is 69.9 Å². The number of carbonyl (C=O) groups excluding carboxylic acids is 2. The molecular formula is C34H55N3O13. The number of aliphatic hydroxyl groups is 6. The van der Waals surface area contributed by atoms with Gasteiger partial charge in [0, 0.05) is 26.6 Å². The summed E-state index contributed by atoms with van der Waals surface area (Å²) in [5.41, 5.74) is -0.583. The van der Waals surface area contributed by atoms with Crippen LogP contribution in [0.2, 0.25) is 0 Å². The van der Waals surface area contributed by atoms with E-state index in [-0.39, 0.29) is 38.6 Å². The Morgan fingerprint density at radius 1 is 0.980 bits per heavy atom. The van der Waals surface area contributed by atoms with Gasteiger partial charge in [0.2, 0.25) is 5.91 Å². The fourth-order valence-electron chi connectivity index (χ4n) is 7.00. The van der Waals surface area contributed by atoms with E-state index in [0.717, 1.165) is 5.56 Å². The second-order valence-corrected chi connectivity index (χ2v) is 13.9. The minimum atomic E-state index is -1.61. The van der Waals surface area contributed by atoms with Crippen LogP contribution in [0.15, 0.2) is 30.3 Å². The third-order valence-corrected chi connectivity index (χ3v) is 9.96. The Morgan fingerprint density at radius 3 is 2.32 bits per heavy atom. The number of hydrogen-bond acceptors (Lipinski definition) is 14. The Balaban J connectivity index is 1.43. The standard InChI is InChI=1S/C34H55N3O13/c1-6-21-23(39)24(40)25(41)32(48-21)49-28-18(2)14-20(29(26(28)42)50-31-27(43)30(35-4)34(3,45)17-47-31)15-22(38)37(5)13-12-36-33(44)46-16-19-10-8-7-9-11-19/h7-11,18,20-21,23-32,35,39-43,45H,6,12-17H2,1-5H3,(H,36,44)/t18-,20-,21+,23+,24-,25+,26-,27+,28?,29-,30+,31+,32+,34-/m0/s1. The van der Waals surface area contributed by atoms with Crippen molar-refractivity contribution in [1.29, 1.82) is 0 Å². The van der Waals surface area contributed by atoms with Crippen LogP contribution in [0, 0.1) is 11.8 Å². The number of ether oxygens (including phenoxy) is 5. The van der Waals surface area contributed by atoms with Crippen LogP contribution in [0.3, 0.4) is 0 Å². The second-order valence-electron chi connectivity index (χ2n) is 13.9. The van der Waals surface area contributed by atoms with Crippen LogP contribution < -0.4 is 10.6 Å². The first kappa shape index (κ1) is 40.3. The lowest BCUT2D eigenvalue weighted by molar-refractivity contribution is -0.337. The normalized spacial score (nSPS) is 39.1. The van der Waals surface area contributed by atoms with Gasteiger partial charge in [-0.05, 0) is 44.2 Å². The van der Waals surface area contributed by atoms with Gasteiger partial charge in [-0.25, -0.2) is 4.79 Å². The SMILES string of the molecule is CC[C@H]1O[C@H](OC2[C@@H](C)C[C@@H](CC(=O)N(C)CCNC(=O)OCc3ccccc3)[C@H](O[C@H]3OC[C@](C)(O)[C@H](NC)[C@H]3O)[C@H]2O)[C@H](O)[C@@H](O)[C@@H]1O. The number of nitrogens with one attached hydrogen (secondary N) is 2. The van der Waals surface area contributed by atoms with E-state index in [9.17, 15) is 40.2 Å². The molecule has 1 saturated carbocycles. The van der Waals surface area contributed by atoms with Crippen molar-refractivity contribution in [3.63, 3.8) is 0 Å². The first-order chi connectivity index (χ1) is 23.7. The molecule has 2 aliphatic heterocycles. The topological polar surface area (TPSA) is 229 Å². The molecule has 3 aliphatic rings. The average molecular weight is 714 g/mol. The van der Waals surface area contributed by atoms with E-state index < -0.39 is 91.0 Å². The Bertz CT molecular complexity index is 1230. The highest BCUT2D eigenvalue weighted by atomic mass is 16.7. The van der Waals surface area contributed by atoms with Crippen LogP contribution in [0.25, 0.3) is 0 Å². The number of aliphatic hydroxyl groups excluding tert-OH is 5. The van der Waals surface area contributed by atoms with Crippen molar-refractivity contribution in [2.45, 2.75) is 120 Å². The zero-order valence-corrected chi connectivity index (χ0v) is 29.3. The minimum Gasteiger partial charge on any atom is -0.445 e. The number of carbonyl (C=O) groups is 2. The van der Waals surface area contributed by atoms with E-state index >= 15 is 0 Å². The van der Waals surface area contributed by atoms with Crippen LogP contribution in [0.4, 0.5) is 4.79 Å². The monoisotopic (exact) mass is 713 g/mol. The molecule has 2 heterocycles. The summed E-state index contributed by atoms with van der Waals surface area (Å²) < 4.78 is 29.0. The number of alkyl carbamates (subject to hydrolysis) is 1. The highest BCUT2D eigenvalue weighted by Crippen LogP contribution is 2.39. The third-order valence-electron chi connectivity index (χ3n) is 9.96. The maximum atomic E-state index is 13.5. The van der Waals surface area contributed by atoms with Gasteiger partial charge in [-0.3, -0.25) is 4.79 Å². The van der Waals surface area contributed by atoms with Crippen LogP contribution in [-0.4, -0.2) is 154 Å². The first-order valence-electron chi connectivity index (χ1n) is 17.2. The Morgan fingerprint density at radius 2 is 1.66 bits per heavy atom. The molecule has 284 valence electrons. The predicted octanol–water partition coefficient (Wildman–Crippen LogP) is -1.18. The molecule has 50 heavy (non-hydrogen) atoms. The van der Waals surface area contributed by atoms with E-state index in [1.807, 2.05) is 30.3 Å². The van der Waals surface area contributed by atoms with Crippen LogP contribution in [0.1, 0.15) is 45.6 Å². The molecule has 1 aromatic rings. The first-order valence-corrected chi connectivity index (χ1v) is 17.2. The van der Waals surface area contributed by atoms with Crippen molar-refractivity contribution < 1.29 is 63.9 Å². The molecule has 0 aromatic heterocycles. The summed E-state index contributed by atoms with van der Waals surface area (Å²) in [5.74, 6) is -1.30. The molecule has 4 rings (SSSR count). The van der Waals surface area contributed by atoms with Crippen molar-refractivity contribution in [2.24, 2.45) is 11.8 Å². The van der Waals surface area contributed by atoms with Gasteiger partial charge in [0.05, 0.1) is 31.0 Å². The van der Waals surface area contributed by atoms with Crippen molar-refractivity contribution in [1.82, 2.24) is 15.5 Å². The molecule has 1 unspecified atom stereocenters. The summed E-state index contributed by atoms with van der Waals surface area (Å²) in [6, 6.07) is 8.38. The number of rotatable bonds is 13. The van der Waals surface area contributed by atoms with Gasteiger partial charge in [0.15, 0.2) is 12.6 Å². The molecule has 14 atom stereocenters. The molecular weight excluding hydrogens is 658 g/mol. The van der Waals surface area contributed by atoms with Gasteiger partial charge in [-0.15, -0.1) is 0 Å². The zero-order valence-electron chi connectivity index (χ0n) is 29.3. The van der Waals surface area contributed by atoms with Crippen LogP contribution in [-0.2, 0) is 35.1 Å². The van der Waals surface area contributed by atoms with Crippen molar-refractivity contribution in [3.05, 3.63) is 35.9 Å². The molecule has 0 radical (unpaired) electrons. The molecule has 1 aliphatic carbocycles. The Labute approximate surface area is 292 Å². The summed E-state index contributed by atoms with van der Waals surface area (Å²) in [6.45, 7) is 5.28. The molecule has 0 bridgehead atoms. The van der Waals surface area contributed by atoms with E-state index in [1.54, 1.807) is 27.9 Å². The van der Waals surface area contributed by atoms with E-state index in [2.05, 4.69) is 10.6 Å². The third kappa shape index (κ3) is 9.68. The summed E-state index contributed by atoms with van der Waals surface area (Å²) in [4.78, 5) is 27.1. The van der Waals surface area contributed by atoms with Gasteiger partial charge in [0.25, 0.3) is 0 Å². The Kier molecular flexibility index (Phi) is 14.4. The molecule has 3 fully saturated rings. The maximum Gasteiger partial charge on any atom is 0.407 e. The van der Waals surface area contributed by atoms with Crippen LogP contribution >= 0.6 is 0 Å². The quantitative estimate of drug-likeness (QED) is 0.120. The number of hydrogen-bond donors (Lipinski definition) is 8. The summed E-state index contributed by atoms with van der Waals surface area (Å²) >= 11 is 0. The lowest BCUT2D eigenvalue weighted by Crippen LogP contribution is -2.66. The molecule has 16 nitrogen and oxygen atoms in total. The smallest absolute Gasteiger partial charge is 0.407 e. The van der Waals surface area contributed by atoms with Crippen LogP contribution in [0.5, 0.6) is 0 Å². The van der Waals surface area contributed by atoms with Crippen molar-refractivity contribution >= 4 is 12.0 Å². The molecule has 2 saturated heterocycles. The average Bonchev–Trinajstić information content (AvgIpc) is 3.08. The number of amides is 2. The largest absolute Gasteiger partial charge is 0.445 e. The van der Waals surface area contributed by atoms with Gasteiger partial charge >= 0.3 is 6.09 Å². The predicted molar refractivity (Wildman–Crippen MR) is 176 cm³/mol. The molecule has 16 heteroatoms. The molecule has 1 aromatic carbocycles. The van der Waals surface area contributed by atoms with E-state index in [0.29, 0.717) is 12.8 Å². The van der Waals surface area contributed by atoms with Gasteiger partial charge in [0.1, 0.15) is 42.7 Å². The zero-order chi connectivity index (χ0) is 36.7. The summed E-state index contributed by atoms with van der Waals surface area (Å²) in [7, 11) is 3.16. The number of benzene rings is 1. The Hall–Kier alpha value is -2.48. The minimum absolute atomic E-state index is 0.0743. The lowest BCUT2D eigenvalue weighted by Gasteiger charge is -2.49. The van der Waals surface area contributed by atoms with Crippen molar-refractivity contribution in [3.8, 4) is 0 Å².